The largest absolute Gasteiger partial charge is 0.496 e. The van der Waals surface area contributed by atoms with Crippen LogP contribution in [0.15, 0.2) is 53.4 Å². The summed E-state index contributed by atoms with van der Waals surface area (Å²) in [7, 11) is 1.67. The second-order valence-electron chi connectivity index (χ2n) is 3.98. The Balaban J connectivity index is 1.80. The van der Waals surface area contributed by atoms with Gasteiger partial charge in [0.25, 0.3) is 0 Å². The first-order valence-corrected chi connectivity index (χ1v) is 7.21. The third kappa shape index (κ3) is 3.94. The molecule has 0 amide bonds. The first-order chi connectivity index (χ1) is 9.83. The van der Waals surface area contributed by atoms with Crippen LogP contribution in [0.1, 0.15) is 5.56 Å². The Morgan fingerprint density at radius 3 is 2.55 bits per heavy atom. The summed E-state index contributed by atoms with van der Waals surface area (Å²) in [6.07, 6.45) is 0. The zero-order chi connectivity index (χ0) is 14.2. The molecule has 0 aromatic heterocycles. The minimum Gasteiger partial charge on any atom is -0.496 e. The van der Waals surface area contributed by atoms with Crippen LogP contribution in [0, 0.1) is 11.3 Å². The Bertz CT molecular complexity index is 590. The van der Waals surface area contributed by atoms with Gasteiger partial charge in [-0.05, 0) is 36.4 Å². The molecule has 0 saturated heterocycles. The van der Waals surface area contributed by atoms with Gasteiger partial charge in [0.1, 0.15) is 11.5 Å². The fourth-order valence-electron chi connectivity index (χ4n) is 1.67. The van der Waals surface area contributed by atoms with Crippen molar-refractivity contribution in [1.82, 2.24) is 0 Å². The fourth-order valence-corrected chi connectivity index (χ4v) is 2.53. The lowest BCUT2D eigenvalue weighted by Crippen LogP contribution is -2.00. The number of hydrogen-bond acceptors (Lipinski definition) is 4. The highest BCUT2D eigenvalue weighted by Gasteiger charge is 2.02. The summed E-state index contributed by atoms with van der Waals surface area (Å²) in [5.41, 5.74) is 0.640. The van der Waals surface area contributed by atoms with Crippen molar-refractivity contribution in [3.05, 3.63) is 54.1 Å². The van der Waals surface area contributed by atoms with Gasteiger partial charge in [-0.2, -0.15) is 5.26 Å². The number of thioether (sulfide) groups is 1. The number of para-hydroxylation sites is 1. The summed E-state index contributed by atoms with van der Waals surface area (Å²) in [5, 5.41) is 8.71. The van der Waals surface area contributed by atoms with Crippen molar-refractivity contribution in [2.24, 2.45) is 0 Å². The molecular formula is C16H15NO2S. The van der Waals surface area contributed by atoms with E-state index in [1.54, 1.807) is 31.0 Å². The number of ether oxygens (including phenoxy) is 2. The van der Waals surface area contributed by atoms with E-state index in [-0.39, 0.29) is 0 Å². The van der Waals surface area contributed by atoms with Gasteiger partial charge in [-0.15, -0.1) is 11.8 Å². The molecule has 0 bridgehead atoms. The SMILES string of the molecule is COc1ccccc1SCCOc1ccc(C#N)cc1. The van der Waals surface area contributed by atoms with Gasteiger partial charge in [-0.25, -0.2) is 0 Å². The Morgan fingerprint density at radius 2 is 1.85 bits per heavy atom. The molecule has 0 radical (unpaired) electrons. The summed E-state index contributed by atoms with van der Waals surface area (Å²) in [6, 6.07) is 17.1. The molecule has 0 heterocycles. The van der Waals surface area contributed by atoms with Gasteiger partial charge >= 0.3 is 0 Å². The second kappa shape index (κ2) is 7.46. The molecule has 20 heavy (non-hydrogen) atoms. The highest BCUT2D eigenvalue weighted by atomic mass is 32.2. The van der Waals surface area contributed by atoms with Crippen LogP contribution in [0.4, 0.5) is 0 Å². The van der Waals surface area contributed by atoms with E-state index in [0.29, 0.717) is 12.2 Å². The average Bonchev–Trinajstić information content (AvgIpc) is 2.52. The third-order valence-corrected chi connectivity index (χ3v) is 3.68. The van der Waals surface area contributed by atoms with E-state index in [0.717, 1.165) is 22.1 Å². The van der Waals surface area contributed by atoms with E-state index in [9.17, 15) is 0 Å². The number of benzene rings is 2. The molecule has 4 heteroatoms. The smallest absolute Gasteiger partial charge is 0.132 e. The van der Waals surface area contributed by atoms with Crippen molar-refractivity contribution >= 4 is 11.8 Å². The van der Waals surface area contributed by atoms with Crippen molar-refractivity contribution in [3.8, 4) is 17.6 Å². The highest BCUT2D eigenvalue weighted by molar-refractivity contribution is 7.99. The molecule has 0 aliphatic rings. The monoisotopic (exact) mass is 285 g/mol. The third-order valence-electron chi connectivity index (χ3n) is 2.66. The lowest BCUT2D eigenvalue weighted by Gasteiger charge is -2.08. The maximum absolute atomic E-state index is 8.71. The van der Waals surface area contributed by atoms with Crippen LogP contribution in [0.3, 0.4) is 0 Å². The van der Waals surface area contributed by atoms with Crippen LogP contribution in [0.25, 0.3) is 0 Å². The molecule has 2 aromatic rings. The maximum Gasteiger partial charge on any atom is 0.132 e. The molecule has 0 atom stereocenters. The van der Waals surface area contributed by atoms with Gasteiger partial charge in [0, 0.05) is 10.6 Å². The summed E-state index contributed by atoms with van der Waals surface area (Å²) in [4.78, 5) is 1.11. The van der Waals surface area contributed by atoms with Gasteiger partial charge < -0.3 is 9.47 Å². The van der Waals surface area contributed by atoms with Crippen LogP contribution < -0.4 is 9.47 Å². The zero-order valence-corrected chi connectivity index (χ0v) is 12.0. The summed E-state index contributed by atoms with van der Waals surface area (Å²) >= 11 is 1.70. The number of nitrogens with zero attached hydrogens (tertiary/aromatic N) is 1. The molecular weight excluding hydrogens is 270 g/mol. The van der Waals surface area contributed by atoms with Crippen molar-refractivity contribution < 1.29 is 9.47 Å². The predicted molar refractivity (Wildman–Crippen MR) is 80.4 cm³/mol. The molecule has 0 fully saturated rings. The molecule has 0 aliphatic heterocycles. The van der Waals surface area contributed by atoms with Crippen LogP contribution in [-0.4, -0.2) is 19.5 Å². The normalized spacial score (nSPS) is 9.80. The van der Waals surface area contributed by atoms with E-state index >= 15 is 0 Å². The molecule has 0 N–H and O–H groups in total. The molecule has 0 saturated carbocycles. The Kier molecular flexibility index (Phi) is 5.33. The van der Waals surface area contributed by atoms with Gasteiger partial charge in [-0.3, -0.25) is 0 Å². The number of methoxy groups -OCH3 is 1. The maximum atomic E-state index is 8.71. The van der Waals surface area contributed by atoms with Crippen molar-refractivity contribution in [2.75, 3.05) is 19.5 Å². The lowest BCUT2D eigenvalue weighted by atomic mass is 10.2. The standard InChI is InChI=1S/C16H15NO2S/c1-18-15-4-2-3-5-16(15)20-11-10-19-14-8-6-13(12-17)7-9-14/h2-9H,10-11H2,1H3. The molecule has 0 unspecified atom stereocenters. The second-order valence-corrected chi connectivity index (χ2v) is 5.12. The minimum absolute atomic E-state index is 0.606. The van der Waals surface area contributed by atoms with Crippen molar-refractivity contribution in [3.63, 3.8) is 0 Å². The zero-order valence-electron chi connectivity index (χ0n) is 11.2. The molecule has 3 nitrogen and oxygen atoms in total. The Labute approximate surface area is 123 Å². The van der Waals surface area contributed by atoms with Crippen molar-refractivity contribution in [1.29, 1.82) is 5.26 Å². The average molecular weight is 285 g/mol. The predicted octanol–water partition coefficient (Wildman–Crippen LogP) is 3.74. The highest BCUT2D eigenvalue weighted by Crippen LogP contribution is 2.28. The molecule has 2 aromatic carbocycles. The van der Waals surface area contributed by atoms with Crippen LogP contribution in [-0.2, 0) is 0 Å². The molecule has 2 rings (SSSR count). The quantitative estimate of drug-likeness (QED) is 0.599. The molecule has 102 valence electrons. The van der Waals surface area contributed by atoms with Crippen LogP contribution >= 0.6 is 11.8 Å². The van der Waals surface area contributed by atoms with Gasteiger partial charge in [0.2, 0.25) is 0 Å². The van der Waals surface area contributed by atoms with Crippen LogP contribution in [0.2, 0.25) is 0 Å². The summed E-state index contributed by atoms with van der Waals surface area (Å²) in [6.45, 7) is 0.606. The van der Waals surface area contributed by atoms with E-state index in [1.807, 2.05) is 36.4 Å². The van der Waals surface area contributed by atoms with E-state index in [2.05, 4.69) is 6.07 Å². The summed E-state index contributed by atoms with van der Waals surface area (Å²) in [5.74, 6) is 2.50. The first-order valence-electron chi connectivity index (χ1n) is 6.22. The van der Waals surface area contributed by atoms with E-state index in [1.165, 1.54) is 0 Å². The van der Waals surface area contributed by atoms with E-state index in [4.69, 9.17) is 14.7 Å². The molecule has 0 aliphatic carbocycles. The number of rotatable bonds is 6. The number of nitriles is 1. The van der Waals surface area contributed by atoms with Crippen LogP contribution in [0.5, 0.6) is 11.5 Å². The Hall–Kier alpha value is -2.12. The Morgan fingerprint density at radius 1 is 1.10 bits per heavy atom. The van der Waals surface area contributed by atoms with Gasteiger partial charge in [0.15, 0.2) is 0 Å². The van der Waals surface area contributed by atoms with Crippen molar-refractivity contribution in [2.45, 2.75) is 4.90 Å². The van der Waals surface area contributed by atoms with Gasteiger partial charge in [0.05, 0.1) is 25.3 Å². The number of hydrogen-bond donors (Lipinski definition) is 0. The first kappa shape index (κ1) is 14.3. The minimum atomic E-state index is 0.606. The fraction of sp³-hybridized carbons (Fsp3) is 0.188. The topological polar surface area (TPSA) is 42.2 Å². The molecule has 0 spiro atoms. The van der Waals surface area contributed by atoms with Gasteiger partial charge in [-0.1, -0.05) is 12.1 Å². The summed E-state index contributed by atoms with van der Waals surface area (Å²) < 4.78 is 10.9. The van der Waals surface area contributed by atoms with E-state index < -0.39 is 0 Å². The lowest BCUT2D eigenvalue weighted by molar-refractivity contribution is 0.344.